The van der Waals surface area contributed by atoms with Crippen molar-refractivity contribution in [2.24, 2.45) is 0 Å². The van der Waals surface area contributed by atoms with E-state index in [2.05, 4.69) is 70.8 Å². The second-order valence-corrected chi connectivity index (χ2v) is 9.53. The van der Waals surface area contributed by atoms with Crippen LogP contribution in [0.5, 0.6) is 0 Å². The molecule has 5 nitrogen and oxygen atoms in total. The van der Waals surface area contributed by atoms with Crippen LogP contribution in [-0.4, -0.2) is 25.1 Å². The Morgan fingerprint density at radius 2 is 1.61 bits per heavy atom. The zero-order valence-corrected chi connectivity index (χ0v) is 18.8. The van der Waals surface area contributed by atoms with Crippen molar-refractivity contribution in [3.8, 4) is 0 Å². The van der Waals surface area contributed by atoms with Gasteiger partial charge in [-0.1, -0.05) is 48.5 Å². The molecule has 1 atom stereocenters. The lowest BCUT2D eigenvalue weighted by molar-refractivity contribution is 0.188. The summed E-state index contributed by atoms with van der Waals surface area (Å²) in [6.07, 6.45) is 0. The van der Waals surface area contributed by atoms with E-state index in [1.165, 1.54) is 22.6 Å². The van der Waals surface area contributed by atoms with Crippen molar-refractivity contribution in [3.05, 3.63) is 99.8 Å². The van der Waals surface area contributed by atoms with Gasteiger partial charge in [-0.05, 0) is 65.9 Å². The molecule has 160 valence electrons. The lowest BCUT2D eigenvalue weighted by Gasteiger charge is -2.32. The van der Waals surface area contributed by atoms with Crippen molar-refractivity contribution in [1.29, 1.82) is 0 Å². The molecule has 0 aliphatic heterocycles. The average molecular weight is 436 g/mol. The van der Waals surface area contributed by atoms with E-state index in [9.17, 15) is 4.39 Å². The van der Waals surface area contributed by atoms with E-state index in [-0.39, 0.29) is 17.4 Å². The Balaban J connectivity index is 1.79. The summed E-state index contributed by atoms with van der Waals surface area (Å²) >= 11 is 1.69. The van der Waals surface area contributed by atoms with Gasteiger partial charge in [0.05, 0.1) is 5.54 Å². The number of thiophene rings is 1. The minimum atomic E-state index is -0.261. The van der Waals surface area contributed by atoms with Crippen molar-refractivity contribution < 1.29 is 4.39 Å². The molecule has 0 amide bonds. The van der Waals surface area contributed by atoms with Crippen LogP contribution in [0, 0.1) is 5.82 Å². The number of hydrogen-bond acceptors (Lipinski definition) is 5. The minimum absolute atomic E-state index is 0.139. The van der Waals surface area contributed by atoms with Gasteiger partial charge in [0.25, 0.3) is 0 Å². The van der Waals surface area contributed by atoms with Gasteiger partial charge in [0, 0.05) is 18.0 Å². The third-order valence-corrected chi connectivity index (χ3v) is 6.00. The number of benzene rings is 2. The van der Waals surface area contributed by atoms with Crippen LogP contribution in [0.3, 0.4) is 0 Å². The zero-order chi connectivity index (χ0) is 21.8. The average Bonchev–Trinajstić information content (AvgIpc) is 3.43. The largest absolute Gasteiger partial charge is 0.280 e. The van der Waals surface area contributed by atoms with Crippen LogP contribution in [0.25, 0.3) is 0 Å². The van der Waals surface area contributed by atoms with Crippen molar-refractivity contribution in [2.45, 2.75) is 45.4 Å². The second kappa shape index (κ2) is 9.08. The highest BCUT2D eigenvalue weighted by molar-refractivity contribution is 7.10. The van der Waals surface area contributed by atoms with Gasteiger partial charge in [-0.15, -0.1) is 16.4 Å². The molecule has 0 bridgehead atoms. The van der Waals surface area contributed by atoms with Gasteiger partial charge in [-0.25, -0.2) is 9.07 Å². The number of aromatic nitrogens is 4. The molecule has 0 saturated heterocycles. The quantitative estimate of drug-likeness (QED) is 0.389. The van der Waals surface area contributed by atoms with Gasteiger partial charge in [0.1, 0.15) is 11.9 Å². The minimum Gasteiger partial charge on any atom is -0.280 e. The lowest BCUT2D eigenvalue weighted by Crippen LogP contribution is -2.34. The normalized spacial score (nSPS) is 12.9. The van der Waals surface area contributed by atoms with E-state index in [0.717, 1.165) is 11.4 Å². The monoisotopic (exact) mass is 435 g/mol. The number of rotatable bonds is 7. The van der Waals surface area contributed by atoms with E-state index >= 15 is 0 Å². The van der Waals surface area contributed by atoms with E-state index in [4.69, 9.17) is 0 Å². The fraction of sp³-hybridized carbons (Fsp3) is 0.292. The maximum Gasteiger partial charge on any atom is 0.174 e. The first-order chi connectivity index (χ1) is 14.9. The Morgan fingerprint density at radius 1 is 0.935 bits per heavy atom. The van der Waals surface area contributed by atoms with E-state index in [1.807, 2.05) is 35.0 Å². The summed E-state index contributed by atoms with van der Waals surface area (Å²) in [6, 6.07) is 21.1. The SMILES string of the molecule is CC(C)(C)n1nnnc1[C@H](c1cccs1)N(Cc1ccccc1)Cc1ccc(F)cc1. The second-order valence-electron chi connectivity index (χ2n) is 8.55. The van der Waals surface area contributed by atoms with Crippen LogP contribution in [0.2, 0.25) is 0 Å². The molecule has 0 spiro atoms. The standard InChI is InChI=1S/C24H26FN5S/c1-24(2,3)30-23(26-27-28-30)22(21-10-7-15-31-21)29(16-18-8-5-4-6-9-18)17-19-11-13-20(25)14-12-19/h4-15,22H,16-17H2,1-3H3/t22-/m0/s1. The highest BCUT2D eigenvalue weighted by atomic mass is 32.1. The Morgan fingerprint density at radius 3 is 2.23 bits per heavy atom. The summed E-state index contributed by atoms with van der Waals surface area (Å²) < 4.78 is 15.4. The van der Waals surface area contributed by atoms with Gasteiger partial charge in [-0.2, -0.15) is 0 Å². The van der Waals surface area contributed by atoms with Crippen LogP contribution >= 0.6 is 11.3 Å². The summed E-state index contributed by atoms with van der Waals surface area (Å²) in [5.74, 6) is 0.567. The van der Waals surface area contributed by atoms with Gasteiger partial charge in [0.15, 0.2) is 5.82 Å². The molecule has 2 aromatic carbocycles. The van der Waals surface area contributed by atoms with Gasteiger partial charge in [-0.3, -0.25) is 4.90 Å². The summed E-state index contributed by atoms with van der Waals surface area (Å²) in [7, 11) is 0. The van der Waals surface area contributed by atoms with Crippen molar-refractivity contribution in [2.75, 3.05) is 0 Å². The van der Waals surface area contributed by atoms with E-state index in [0.29, 0.717) is 13.1 Å². The highest BCUT2D eigenvalue weighted by Gasteiger charge is 2.32. The zero-order valence-electron chi connectivity index (χ0n) is 17.9. The lowest BCUT2D eigenvalue weighted by atomic mass is 10.1. The highest BCUT2D eigenvalue weighted by Crippen LogP contribution is 2.34. The topological polar surface area (TPSA) is 46.8 Å². The molecule has 7 heteroatoms. The van der Waals surface area contributed by atoms with Gasteiger partial charge in [0.2, 0.25) is 0 Å². The Hall–Kier alpha value is -2.90. The number of tetrazole rings is 1. The molecular weight excluding hydrogens is 409 g/mol. The van der Waals surface area contributed by atoms with Crippen LogP contribution in [0.15, 0.2) is 72.1 Å². The number of hydrogen-bond donors (Lipinski definition) is 0. The smallest absolute Gasteiger partial charge is 0.174 e. The summed E-state index contributed by atoms with van der Waals surface area (Å²) in [5, 5.41) is 14.9. The van der Waals surface area contributed by atoms with Crippen molar-refractivity contribution in [3.63, 3.8) is 0 Å². The Labute approximate surface area is 186 Å². The van der Waals surface area contributed by atoms with E-state index in [1.54, 1.807) is 11.3 Å². The third kappa shape index (κ3) is 5.06. The molecule has 0 radical (unpaired) electrons. The van der Waals surface area contributed by atoms with Crippen molar-refractivity contribution in [1.82, 2.24) is 25.1 Å². The predicted octanol–water partition coefficient (Wildman–Crippen LogP) is 5.42. The summed E-state index contributed by atoms with van der Waals surface area (Å²) in [6.45, 7) is 7.63. The molecule has 31 heavy (non-hydrogen) atoms. The number of halogens is 1. The molecule has 0 aliphatic rings. The van der Waals surface area contributed by atoms with Gasteiger partial charge >= 0.3 is 0 Å². The first-order valence-corrected chi connectivity index (χ1v) is 11.1. The fourth-order valence-electron chi connectivity index (χ4n) is 3.64. The Bertz CT molecular complexity index is 1090. The molecule has 0 unspecified atom stereocenters. The molecule has 4 rings (SSSR count). The fourth-order valence-corrected chi connectivity index (χ4v) is 4.50. The van der Waals surface area contributed by atoms with Crippen LogP contribution in [0.4, 0.5) is 4.39 Å². The maximum absolute atomic E-state index is 13.5. The molecule has 2 heterocycles. The van der Waals surface area contributed by atoms with Gasteiger partial charge < -0.3 is 0 Å². The van der Waals surface area contributed by atoms with Crippen LogP contribution in [-0.2, 0) is 18.6 Å². The first kappa shape index (κ1) is 21.3. The molecule has 0 fully saturated rings. The van der Waals surface area contributed by atoms with Crippen LogP contribution in [0.1, 0.15) is 48.6 Å². The molecule has 0 aliphatic carbocycles. The van der Waals surface area contributed by atoms with Crippen molar-refractivity contribution >= 4 is 11.3 Å². The molecule has 0 saturated carbocycles. The predicted molar refractivity (Wildman–Crippen MR) is 121 cm³/mol. The van der Waals surface area contributed by atoms with Crippen LogP contribution < -0.4 is 0 Å². The molecule has 2 aromatic heterocycles. The van der Waals surface area contributed by atoms with E-state index < -0.39 is 0 Å². The summed E-state index contributed by atoms with van der Waals surface area (Å²) in [4.78, 5) is 3.51. The maximum atomic E-state index is 13.5. The molecule has 0 N–H and O–H groups in total. The first-order valence-electron chi connectivity index (χ1n) is 10.3. The molecular formula is C24H26FN5S. The third-order valence-electron chi connectivity index (χ3n) is 5.08. The Kier molecular flexibility index (Phi) is 6.25. The number of nitrogens with zero attached hydrogens (tertiary/aromatic N) is 5. The molecule has 4 aromatic rings. The summed E-state index contributed by atoms with van der Waals surface area (Å²) in [5.41, 5.74) is 1.97.